The van der Waals surface area contributed by atoms with E-state index >= 15 is 4.39 Å². The van der Waals surface area contributed by atoms with Crippen molar-refractivity contribution in [3.8, 4) is 12.1 Å². The van der Waals surface area contributed by atoms with Crippen LogP contribution in [0, 0.1) is 28.5 Å². The average Bonchev–Trinajstić information content (AvgIpc) is 2.86. The molecule has 8 heteroatoms. The standard InChI is InChI=1S/C27H16Cl2FN3S2/c28-20-7-1-3-10-24(20)34-26-13-17(16-33-23-9-5-6-18(14-31)19(23)15-32)12-22(30)27(26)35-25-11-4-2-8-21(25)29/h1-13,33H,16H2. The molecular weight excluding hydrogens is 520 g/mol. The lowest BCUT2D eigenvalue weighted by molar-refractivity contribution is 0.591. The van der Waals surface area contributed by atoms with Gasteiger partial charge in [-0.1, -0.05) is 77.1 Å². The zero-order valence-corrected chi connectivity index (χ0v) is 21.2. The molecule has 0 aromatic heterocycles. The molecule has 0 spiro atoms. The fourth-order valence-corrected chi connectivity index (χ4v) is 5.84. The first-order chi connectivity index (χ1) is 17.0. The number of rotatable bonds is 7. The molecule has 1 N–H and O–H groups in total. The monoisotopic (exact) mass is 535 g/mol. The first-order valence-corrected chi connectivity index (χ1v) is 12.7. The summed E-state index contributed by atoms with van der Waals surface area (Å²) in [5.41, 5.74) is 1.73. The number of hydrogen-bond acceptors (Lipinski definition) is 5. The van der Waals surface area contributed by atoms with E-state index in [9.17, 15) is 10.5 Å². The SMILES string of the molecule is N#Cc1cccc(NCc2cc(F)c(Sc3ccccc3Cl)c(Sc3ccccc3Cl)c2)c1C#N. The smallest absolute Gasteiger partial charge is 0.138 e. The largest absolute Gasteiger partial charge is 0.380 e. The second-order valence-electron chi connectivity index (χ2n) is 7.28. The van der Waals surface area contributed by atoms with Crippen molar-refractivity contribution in [1.29, 1.82) is 10.5 Å². The van der Waals surface area contributed by atoms with Crippen molar-refractivity contribution >= 4 is 52.4 Å². The number of nitriles is 2. The Morgan fingerprint density at radius 1 is 0.771 bits per heavy atom. The second kappa shape index (κ2) is 11.5. The molecule has 3 nitrogen and oxygen atoms in total. The van der Waals surface area contributed by atoms with Gasteiger partial charge in [-0.25, -0.2) is 4.39 Å². The molecule has 0 bridgehead atoms. The zero-order chi connectivity index (χ0) is 24.8. The Morgan fingerprint density at radius 2 is 1.43 bits per heavy atom. The predicted molar refractivity (Wildman–Crippen MR) is 141 cm³/mol. The van der Waals surface area contributed by atoms with Crippen molar-refractivity contribution in [3.05, 3.63) is 111 Å². The van der Waals surface area contributed by atoms with Crippen LogP contribution in [0.5, 0.6) is 0 Å². The third-order valence-electron chi connectivity index (χ3n) is 4.95. The van der Waals surface area contributed by atoms with Crippen LogP contribution in [0.2, 0.25) is 10.0 Å². The van der Waals surface area contributed by atoms with E-state index in [0.717, 1.165) is 9.79 Å². The lowest BCUT2D eigenvalue weighted by atomic mass is 10.1. The molecule has 0 aliphatic rings. The molecule has 0 atom stereocenters. The molecule has 172 valence electrons. The molecule has 35 heavy (non-hydrogen) atoms. The average molecular weight is 536 g/mol. The van der Waals surface area contributed by atoms with Crippen molar-refractivity contribution in [2.24, 2.45) is 0 Å². The molecule has 0 radical (unpaired) electrons. The van der Waals surface area contributed by atoms with Crippen LogP contribution in [0.1, 0.15) is 16.7 Å². The highest BCUT2D eigenvalue weighted by molar-refractivity contribution is 8.02. The summed E-state index contributed by atoms with van der Waals surface area (Å²) in [7, 11) is 0. The van der Waals surface area contributed by atoms with Crippen molar-refractivity contribution in [2.45, 2.75) is 26.1 Å². The molecule has 0 saturated carbocycles. The number of nitrogens with zero attached hydrogens (tertiary/aromatic N) is 2. The van der Waals surface area contributed by atoms with Gasteiger partial charge in [0.05, 0.1) is 31.8 Å². The Labute approximate surface area is 221 Å². The van der Waals surface area contributed by atoms with Crippen LogP contribution < -0.4 is 5.32 Å². The molecule has 0 aliphatic heterocycles. The van der Waals surface area contributed by atoms with Gasteiger partial charge in [0.1, 0.15) is 18.0 Å². The number of nitrogens with one attached hydrogen (secondary N) is 1. The van der Waals surface area contributed by atoms with E-state index in [-0.39, 0.29) is 17.7 Å². The Kier molecular flexibility index (Phi) is 8.23. The minimum Gasteiger partial charge on any atom is -0.380 e. The van der Waals surface area contributed by atoms with Gasteiger partial charge in [-0.15, -0.1) is 0 Å². The summed E-state index contributed by atoms with van der Waals surface area (Å²) in [5, 5.41) is 23.0. The van der Waals surface area contributed by atoms with Crippen molar-refractivity contribution in [1.82, 2.24) is 0 Å². The van der Waals surface area contributed by atoms with E-state index in [1.54, 1.807) is 30.3 Å². The summed E-state index contributed by atoms with van der Waals surface area (Å²) < 4.78 is 15.5. The number of hydrogen-bond donors (Lipinski definition) is 1. The molecule has 4 rings (SSSR count). The van der Waals surface area contributed by atoms with Gasteiger partial charge in [0, 0.05) is 21.2 Å². The van der Waals surface area contributed by atoms with Gasteiger partial charge >= 0.3 is 0 Å². The molecule has 0 aliphatic carbocycles. The predicted octanol–water partition coefficient (Wildman–Crippen LogP) is 8.79. The maximum atomic E-state index is 15.5. The van der Waals surface area contributed by atoms with Crippen LogP contribution in [0.25, 0.3) is 0 Å². The lowest BCUT2D eigenvalue weighted by Gasteiger charge is -2.15. The van der Waals surface area contributed by atoms with Gasteiger partial charge in [0.15, 0.2) is 0 Å². The van der Waals surface area contributed by atoms with Gasteiger partial charge in [-0.05, 0) is 54.1 Å². The quantitative estimate of drug-likeness (QED) is 0.256. The maximum absolute atomic E-state index is 15.5. The van der Waals surface area contributed by atoms with Gasteiger partial charge < -0.3 is 5.32 Å². The van der Waals surface area contributed by atoms with Gasteiger partial charge in [-0.2, -0.15) is 10.5 Å². The molecule has 0 amide bonds. The molecule has 4 aromatic carbocycles. The van der Waals surface area contributed by atoms with Gasteiger partial charge in [-0.3, -0.25) is 0 Å². The highest BCUT2D eigenvalue weighted by atomic mass is 35.5. The minimum atomic E-state index is -0.393. The van der Waals surface area contributed by atoms with Crippen LogP contribution in [0.15, 0.2) is 98.4 Å². The summed E-state index contributed by atoms with van der Waals surface area (Å²) >= 11 is 15.3. The van der Waals surface area contributed by atoms with E-state index in [1.165, 1.54) is 29.6 Å². The van der Waals surface area contributed by atoms with Gasteiger partial charge in [0.2, 0.25) is 0 Å². The number of benzene rings is 4. The maximum Gasteiger partial charge on any atom is 0.138 e. The third kappa shape index (κ3) is 5.93. The molecule has 0 heterocycles. The third-order valence-corrected chi connectivity index (χ3v) is 8.28. The summed E-state index contributed by atoms with van der Waals surface area (Å²) in [4.78, 5) is 2.67. The summed E-state index contributed by atoms with van der Waals surface area (Å²) in [5.74, 6) is -0.393. The minimum absolute atomic E-state index is 0.257. The van der Waals surface area contributed by atoms with Crippen LogP contribution >= 0.6 is 46.7 Å². The van der Waals surface area contributed by atoms with E-state index in [1.807, 2.05) is 48.5 Å². The summed E-state index contributed by atoms with van der Waals surface area (Å²) in [6.07, 6.45) is 0. The lowest BCUT2D eigenvalue weighted by Crippen LogP contribution is -2.04. The highest BCUT2D eigenvalue weighted by Gasteiger charge is 2.17. The number of halogens is 3. The van der Waals surface area contributed by atoms with Crippen molar-refractivity contribution in [2.75, 3.05) is 5.32 Å². The van der Waals surface area contributed by atoms with E-state index in [4.69, 9.17) is 23.2 Å². The molecule has 4 aromatic rings. The van der Waals surface area contributed by atoms with Crippen LogP contribution in [-0.4, -0.2) is 0 Å². The van der Waals surface area contributed by atoms with Crippen LogP contribution in [-0.2, 0) is 6.54 Å². The molecule has 0 saturated heterocycles. The number of anilines is 1. The Bertz CT molecular complexity index is 1480. The fourth-order valence-electron chi connectivity index (χ4n) is 3.29. The molecule has 0 unspecified atom stereocenters. The highest BCUT2D eigenvalue weighted by Crippen LogP contribution is 2.44. The van der Waals surface area contributed by atoms with E-state index < -0.39 is 5.82 Å². The fraction of sp³-hybridized carbons (Fsp3) is 0.0370. The molecular formula is C27H16Cl2FN3S2. The molecule has 0 fully saturated rings. The summed E-state index contributed by atoms with van der Waals surface area (Å²) in [6, 6.07) is 27.1. The van der Waals surface area contributed by atoms with E-state index in [2.05, 4.69) is 11.4 Å². The normalized spacial score (nSPS) is 10.4. The Morgan fingerprint density at radius 3 is 2.06 bits per heavy atom. The second-order valence-corrected chi connectivity index (χ2v) is 10.2. The van der Waals surface area contributed by atoms with E-state index in [0.29, 0.717) is 31.1 Å². The summed E-state index contributed by atoms with van der Waals surface area (Å²) in [6.45, 7) is 0.258. The van der Waals surface area contributed by atoms with Crippen LogP contribution in [0.3, 0.4) is 0 Å². The first kappa shape index (κ1) is 25.0. The topological polar surface area (TPSA) is 59.6 Å². The van der Waals surface area contributed by atoms with Crippen molar-refractivity contribution in [3.63, 3.8) is 0 Å². The zero-order valence-electron chi connectivity index (χ0n) is 18.1. The first-order valence-electron chi connectivity index (χ1n) is 10.3. The Hall–Kier alpha value is -3.13. The van der Waals surface area contributed by atoms with Gasteiger partial charge in [0.25, 0.3) is 0 Å². The van der Waals surface area contributed by atoms with Crippen LogP contribution in [0.4, 0.5) is 10.1 Å². The Balaban J connectivity index is 1.70. The van der Waals surface area contributed by atoms with Crippen molar-refractivity contribution < 1.29 is 4.39 Å².